The predicted octanol–water partition coefficient (Wildman–Crippen LogP) is 3.15. The molecule has 0 saturated carbocycles. The van der Waals surface area contributed by atoms with Crippen molar-refractivity contribution in [1.29, 1.82) is 0 Å². The molecule has 31 heavy (non-hydrogen) atoms. The standard InChI is InChI=1S/C25H35N5O/c1-4-13-27-24(31)22-12-8-11-21(15-22)16-28-25(26-3)29-23-14-19(2)30(18-23)17-20-9-6-5-7-10-20/h5-12,15,19,23H,4,13-14,16-18H2,1-3H3,(H,27,31)(H2,26,28,29). The summed E-state index contributed by atoms with van der Waals surface area (Å²) >= 11 is 0. The van der Waals surface area contributed by atoms with Gasteiger partial charge in [0, 0.05) is 50.9 Å². The summed E-state index contributed by atoms with van der Waals surface area (Å²) in [7, 11) is 1.80. The number of carbonyl (C=O) groups is 1. The van der Waals surface area contributed by atoms with Gasteiger partial charge < -0.3 is 16.0 Å². The molecule has 1 amide bonds. The van der Waals surface area contributed by atoms with E-state index in [0.717, 1.165) is 37.5 Å². The topological polar surface area (TPSA) is 68.8 Å². The number of hydrogen-bond donors (Lipinski definition) is 3. The molecule has 6 heteroatoms. The van der Waals surface area contributed by atoms with Gasteiger partial charge in [-0.3, -0.25) is 14.7 Å². The molecule has 1 aliphatic rings. The van der Waals surface area contributed by atoms with E-state index >= 15 is 0 Å². The van der Waals surface area contributed by atoms with E-state index in [1.165, 1.54) is 5.56 Å². The average molecular weight is 422 g/mol. The maximum absolute atomic E-state index is 12.2. The van der Waals surface area contributed by atoms with Gasteiger partial charge in [0.2, 0.25) is 0 Å². The molecule has 2 atom stereocenters. The quantitative estimate of drug-likeness (QED) is 0.452. The Balaban J connectivity index is 1.50. The SMILES string of the molecule is CCCNC(=O)c1cccc(CNC(=NC)NC2CC(C)N(Cc3ccccc3)C2)c1. The van der Waals surface area contributed by atoms with Crippen LogP contribution in [0.1, 0.15) is 48.2 Å². The predicted molar refractivity (Wildman–Crippen MR) is 127 cm³/mol. The van der Waals surface area contributed by atoms with Crippen molar-refractivity contribution in [3.8, 4) is 0 Å². The summed E-state index contributed by atoms with van der Waals surface area (Å²) in [5.41, 5.74) is 3.09. The highest BCUT2D eigenvalue weighted by Gasteiger charge is 2.29. The Morgan fingerprint density at radius 2 is 1.87 bits per heavy atom. The molecule has 6 nitrogen and oxygen atoms in total. The summed E-state index contributed by atoms with van der Waals surface area (Å²) in [5.74, 6) is 0.768. The van der Waals surface area contributed by atoms with Gasteiger partial charge >= 0.3 is 0 Å². The number of amides is 1. The van der Waals surface area contributed by atoms with Gasteiger partial charge in [0.25, 0.3) is 5.91 Å². The van der Waals surface area contributed by atoms with Gasteiger partial charge in [0.1, 0.15) is 0 Å². The van der Waals surface area contributed by atoms with Gasteiger partial charge in [0.05, 0.1) is 0 Å². The van der Waals surface area contributed by atoms with Crippen molar-refractivity contribution in [2.45, 2.75) is 51.9 Å². The Morgan fingerprint density at radius 3 is 2.61 bits per heavy atom. The molecular weight excluding hydrogens is 386 g/mol. The molecule has 2 aromatic rings. The second-order valence-corrected chi connectivity index (χ2v) is 8.22. The van der Waals surface area contributed by atoms with Crippen molar-refractivity contribution < 1.29 is 4.79 Å². The molecule has 1 fully saturated rings. The third-order valence-corrected chi connectivity index (χ3v) is 5.68. The zero-order valence-electron chi connectivity index (χ0n) is 18.9. The third-order valence-electron chi connectivity index (χ3n) is 5.68. The number of carbonyl (C=O) groups excluding carboxylic acids is 1. The Bertz CT molecular complexity index is 867. The van der Waals surface area contributed by atoms with Crippen LogP contribution in [0.5, 0.6) is 0 Å². The lowest BCUT2D eigenvalue weighted by molar-refractivity contribution is 0.0953. The van der Waals surface area contributed by atoms with Crippen LogP contribution in [0, 0.1) is 0 Å². The molecule has 0 radical (unpaired) electrons. The second-order valence-electron chi connectivity index (χ2n) is 8.22. The fourth-order valence-electron chi connectivity index (χ4n) is 3.98. The van der Waals surface area contributed by atoms with Crippen molar-refractivity contribution >= 4 is 11.9 Å². The van der Waals surface area contributed by atoms with Crippen LogP contribution < -0.4 is 16.0 Å². The van der Waals surface area contributed by atoms with Crippen molar-refractivity contribution in [3.05, 3.63) is 71.3 Å². The van der Waals surface area contributed by atoms with Gasteiger partial charge in [-0.1, -0.05) is 49.4 Å². The molecular formula is C25H35N5O. The minimum atomic E-state index is -0.0235. The number of aliphatic imine (C=N–C) groups is 1. The number of likely N-dealkylation sites (tertiary alicyclic amines) is 1. The van der Waals surface area contributed by atoms with Crippen LogP contribution in [-0.4, -0.2) is 49.0 Å². The molecule has 2 unspecified atom stereocenters. The van der Waals surface area contributed by atoms with Gasteiger partial charge in [-0.2, -0.15) is 0 Å². The first-order valence-corrected chi connectivity index (χ1v) is 11.2. The highest BCUT2D eigenvalue weighted by molar-refractivity contribution is 5.94. The number of hydrogen-bond acceptors (Lipinski definition) is 3. The molecule has 1 aliphatic heterocycles. The normalized spacial score (nSPS) is 19.3. The summed E-state index contributed by atoms with van der Waals surface area (Å²) in [6.07, 6.45) is 2.01. The molecule has 0 spiro atoms. The maximum Gasteiger partial charge on any atom is 0.251 e. The van der Waals surface area contributed by atoms with Crippen LogP contribution in [0.2, 0.25) is 0 Å². The minimum Gasteiger partial charge on any atom is -0.352 e. The largest absolute Gasteiger partial charge is 0.352 e. The number of nitrogens with zero attached hydrogens (tertiary/aromatic N) is 2. The van der Waals surface area contributed by atoms with Crippen LogP contribution >= 0.6 is 0 Å². The van der Waals surface area contributed by atoms with Gasteiger partial charge in [-0.15, -0.1) is 0 Å². The van der Waals surface area contributed by atoms with Crippen LogP contribution in [-0.2, 0) is 13.1 Å². The summed E-state index contributed by atoms with van der Waals surface area (Å²) in [4.78, 5) is 19.1. The van der Waals surface area contributed by atoms with E-state index in [9.17, 15) is 4.79 Å². The Morgan fingerprint density at radius 1 is 1.10 bits per heavy atom. The molecule has 166 valence electrons. The lowest BCUT2D eigenvalue weighted by Gasteiger charge is -2.21. The molecule has 1 heterocycles. The summed E-state index contributed by atoms with van der Waals surface area (Å²) in [5, 5.41) is 9.88. The zero-order chi connectivity index (χ0) is 22.1. The second kappa shape index (κ2) is 11.5. The number of guanidine groups is 1. The monoisotopic (exact) mass is 421 g/mol. The van der Waals surface area contributed by atoms with Crippen LogP contribution in [0.25, 0.3) is 0 Å². The summed E-state index contributed by atoms with van der Waals surface area (Å²) in [6.45, 7) is 7.60. The summed E-state index contributed by atoms with van der Waals surface area (Å²) < 4.78 is 0. The third kappa shape index (κ3) is 6.82. The number of rotatable bonds is 8. The molecule has 3 N–H and O–H groups in total. The fourth-order valence-corrected chi connectivity index (χ4v) is 3.98. The molecule has 0 aromatic heterocycles. The average Bonchev–Trinajstić information content (AvgIpc) is 3.14. The first-order chi connectivity index (χ1) is 15.1. The maximum atomic E-state index is 12.2. The Kier molecular flexibility index (Phi) is 8.47. The lowest BCUT2D eigenvalue weighted by Crippen LogP contribution is -2.44. The molecule has 2 aromatic carbocycles. The highest BCUT2D eigenvalue weighted by atomic mass is 16.1. The van der Waals surface area contributed by atoms with Crippen molar-refractivity contribution in [3.63, 3.8) is 0 Å². The van der Waals surface area contributed by atoms with E-state index in [1.54, 1.807) is 7.05 Å². The van der Waals surface area contributed by atoms with Gasteiger partial charge in [-0.05, 0) is 43.0 Å². The van der Waals surface area contributed by atoms with Crippen molar-refractivity contribution in [2.75, 3.05) is 20.1 Å². The molecule has 0 bridgehead atoms. The van der Waals surface area contributed by atoms with E-state index < -0.39 is 0 Å². The fraction of sp³-hybridized carbons (Fsp3) is 0.440. The van der Waals surface area contributed by atoms with E-state index in [0.29, 0.717) is 30.7 Å². The number of nitrogens with one attached hydrogen (secondary N) is 3. The molecule has 3 rings (SSSR count). The minimum absolute atomic E-state index is 0.0235. The Hall–Kier alpha value is -2.86. The smallest absolute Gasteiger partial charge is 0.251 e. The zero-order valence-corrected chi connectivity index (χ0v) is 18.9. The molecule has 1 saturated heterocycles. The van der Waals surface area contributed by atoms with Crippen molar-refractivity contribution in [2.24, 2.45) is 4.99 Å². The van der Waals surface area contributed by atoms with Crippen LogP contribution in [0.4, 0.5) is 0 Å². The van der Waals surface area contributed by atoms with E-state index in [1.807, 2.05) is 31.2 Å². The summed E-state index contributed by atoms with van der Waals surface area (Å²) in [6, 6.07) is 19.2. The van der Waals surface area contributed by atoms with Crippen LogP contribution in [0.15, 0.2) is 59.6 Å². The lowest BCUT2D eigenvalue weighted by atomic mass is 10.1. The number of benzene rings is 2. The van der Waals surface area contributed by atoms with E-state index in [-0.39, 0.29) is 5.91 Å². The van der Waals surface area contributed by atoms with Gasteiger partial charge in [0.15, 0.2) is 5.96 Å². The first kappa shape index (κ1) is 22.8. The van der Waals surface area contributed by atoms with Crippen LogP contribution in [0.3, 0.4) is 0 Å². The van der Waals surface area contributed by atoms with E-state index in [2.05, 4.69) is 63.1 Å². The molecule has 0 aliphatic carbocycles. The van der Waals surface area contributed by atoms with Crippen molar-refractivity contribution in [1.82, 2.24) is 20.9 Å². The highest BCUT2D eigenvalue weighted by Crippen LogP contribution is 2.20. The van der Waals surface area contributed by atoms with E-state index in [4.69, 9.17) is 0 Å². The first-order valence-electron chi connectivity index (χ1n) is 11.2. The Labute approximate surface area is 186 Å². The van der Waals surface area contributed by atoms with Gasteiger partial charge in [-0.25, -0.2) is 0 Å².